The van der Waals surface area contributed by atoms with E-state index >= 15 is 0 Å². The predicted molar refractivity (Wildman–Crippen MR) is 71.7 cm³/mol. The Hall–Kier alpha value is -2.63. The number of rotatable bonds is 3. The number of carbonyl (C=O) groups excluding carboxylic acids is 1. The van der Waals surface area contributed by atoms with E-state index < -0.39 is 5.97 Å². The number of hydrogen-bond acceptors (Lipinski definition) is 6. The lowest BCUT2D eigenvalue weighted by atomic mass is 10.1. The molecule has 1 aromatic carbocycles. The van der Waals surface area contributed by atoms with E-state index in [0.717, 1.165) is 11.3 Å². The van der Waals surface area contributed by atoms with Crippen LogP contribution in [-0.2, 0) is 4.74 Å². The minimum Gasteiger partial charge on any atom is -0.491 e. The predicted octanol–water partition coefficient (Wildman–Crippen LogP) is 1.81. The summed E-state index contributed by atoms with van der Waals surface area (Å²) in [6.07, 6.45) is 0. The average molecular weight is 271 g/mol. The molecule has 0 bridgehead atoms. The number of para-hydroxylation sites is 1. The number of carbonyl (C=O) groups is 1. The zero-order valence-electron chi connectivity index (χ0n) is 10.9. The third-order valence-corrected chi connectivity index (χ3v) is 3.08. The van der Waals surface area contributed by atoms with E-state index in [9.17, 15) is 4.79 Å². The van der Waals surface area contributed by atoms with Crippen LogP contribution in [0.2, 0.25) is 0 Å². The summed E-state index contributed by atoms with van der Waals surface area (Å²) in [6.45, 7) is 0.541. The highest BCUT2D eigenvalue weighted by Crippen LogP contribution is 2.33. The largest absolute Gasteiger partial charge is 0.491 e. The molecule has 0 aliphatic carbocycles. The van der Waals surface area contributed by atoms with Crippen molar-refractivity contribution >= 4 is 11.8 Å². The highest BCUT2D eigenvalue weighted by atomic mass is 16.5. The van der Waals surface area contributed by atoms with Gasteiger partial charge in [-0.15, -0.1) is 10.2 Å². The van der Waals surface area contributed by atoms with Gasteiger partial charge in [0.2, 0.25) is 0 Å². The SMILES string of the molecule is COC(=O)c1ccc(NC2COc3ccccc32)nn1. The van der Waals surface area contributed by atoms with Crippen molar-refractivity contribution in [1.82, 2.24) is 10.2 Å². The normalized spacial score (nSPS) is 16.1. The van der Waals surface area contributed by atoms with Gasteiger partial charge in [0.25, 0.3) is 0 Å². The number of fused-ring (bicyclic) bond motifs is 1. The second-order valence-corrected chi connectivity index (χ2v) is 4.34. The Balaban J connectivity index is 1.75. The van der Waals surface area contributed by atoms with Crippen molar-refractivity contribution in [2.45, 2.75) is 6.04 Å². The Morgan fingerprint density at radius 1 is 1.30 bits per heavy atom. The van der Waals surface area contributed by atoms with Crippen LogP contribution in [0.25, 0.3) is 0 Å². The van der Waals surface area contributed by atoms with Gasteiger partial charge in [-0.05, 0) is 18.2 Å². The third kappa shape index (κ3) is 2.27. The molecule has 6 nitrogen and oxygen atoms in total. The van der Waals surface area contributed by atoms with E-state index in [1.807, 2.05) is 24.3 Å². The lowest BCUT2D eigenvalue weighted by Crippen LogP contribution is -2.14. The topological polar surface area (TPSA) is 73.3 Å². The summed E-state index contributed by atoms with van der Waals surface area (Å²) in [6, 6.07) is 11.1. The second-order valence-electron chi connectivity index (χ2n) is 4.34. The van der Waals surface area contributed by atoms with Crippen LogP contribution in [0, 0.1) is 0 Å². The molecule has 1 aliphatic heterocycles. The molecule has 102 valence electrons. The van der Waals surface area contributed by atoms with E-state index in [2.05, 4.69) is 20.3 Å². The van der Waals surface area contributed by atoms with Crippen LogP contribution in [0.1, 0.15) is 22.1 Å². The molecule has 0 amide bonds. The van der Waals surface area contributed by atoms with Gasteiger partial charge in [-0.1, -0.05) is 18.2 Å². The Labute approximate surface area is 115 Å². The van der Waals surface area contributed by atoms with Gasteiger partial charge in [0.05, 0.1) is 13.2 Å². The van der Waals surface area contributed by atoms with Crippen LogP contribution in [0.3, 0.4) is 0 Å². The number of benzene rings is 1. The fourth-order valence-electron chi connectivity index (χ4n) is 2.08. The number of ether oxygens (including phenoxy) is 2. The monoisotopic (exact) mass is 271 g/mol. The van der Waals surface area contributed by atoms with Gasteiger partial charge >= 0.3 is 5.97 Å². The maximum absolute atomic E-state index is 11.3. The van der Waals surface area contributed by atoms with E-state index in [1.165, 1.54) is 7.11 Å². The summed E-state index contributed by atoms with van der Waals surface area (Å²) in [4.78, 5) is 11.3. The Bertz CT molecular complexity index is 628. The first-order valence-corrected chi connectivity index (χ1v) is 6.18. The number of methoxy groups -OCH3 is 1. The molecule has 2 heterocycles. The van der Waals surface area contributed by atoms with Crippen LogP contribution in [0.15, 0.2) is 36.4 Å². The molecule has 6 heteroatoms. The minimum absolute atomic E-state index is 0.0319. The van der Waals surface area contributed by atoms with Gasteiger partial charge in [0.15, 0.2) is 5.69 Å². The summed E-state index contributed by atoms with van der Waals surface area (Å²) in [5.74, 6) is 0.964. The Morgan fingerprint density at radius 2 is 2.15 bits per heavy atom. The van der Waals surface area contributed by atoms with E-state index in [-0.39, 0.29) is 11.7 Å². The number of esters is 1. The molecule has 3 rings (SSSR count). The van der Waals surface area contributed by atoms with Gasteiger partial charge < -0.3 is 14.8 Å². The van der Waals surface area contributed by atoms with Crippen molar-refractivity contribution in [1.29, 1.82) is 0 Å². The van der Waals surface area contributed by atoms with Gasteiger partial charge in [0, 0.05) is 5.56 Å². The molecule has 1 N–H and O–H groups in total. The summed E-state index contributed by atoms with van der Waals surface area (Å²) in [7, 11) is 1.31. The highest BCUT2D eigenvalue weighted by Gasteiger charge is 2.23. The first-order valence-electron chi connectivity index (χ1n) is 6.18. The molecule has 0 saturated carbocycles. The van der Waals surface area contributed by atoms with E-state index in [4.69, 9.17) is 4.74 Å². The lowest BCUT2D eigenvalue weighted by molar-refractivity contribution is 0.0593. The maximum atomic E-state index is 11.3. The first-order chi connectivity index (χ1) is 9.78. The van der Waals surface area contributed by atoms with Crippen LogP contribution in [-0.4, -0.2) is 29.9 Å². The van der Waals surface area contributed by atoms with Crippen LogP contribution >= 0.6 is 0 Å². The second kappa shape index (κ2) is 5.16. The van der Waals surface area contributed by atoms with Gasteiger partial charge in [-0.2, -0.15) is 0 Å². The fourth-order valence-corrected chi connectivity index (χ4v) is 2.08. The van der Waals surface area contributed by atoms with Crippen molar-refractivity contribution in [2.24, 2.45) is 0 Å². The van der Waals surface area contributed by atoms with Crippen molar-refractivity contribution < 1.29 is 14.3 Å². The molecule has 0 spiro atoms. The number of nitrogens with zero attached hydrogens (tertiary/aromatic N) is 2. The molecule has 0 fully saturated rings. The van der Waals surface area contributed by atoms with Crippen molar-refractivity contribution in [3.8, 4) is 5.75 Å². The average Bonchev–Trinajstić information content (AvgIpc) is 2.91. The van der Waals surface area contributed by atoms with Crippen molar-refractivity contribution in [3.05, 3.63) is 47.7 Å². The van der Waals surface area contributed by atoms with Gasteiger partial charge in [-0.3, -0.25) is 0 Å². The quantitative estimate of drug-likeness (QED) is 0.858. The number of aromatic nitrogens is 2. The molecule has 1 aromatic heterocycles. The molecular weight excluding hydrogens is 258 g/mol. The molecule has 2 aromatic rings. The van der Waals surface area contributed by atoms with Gasteiger partial charge in [0.1, 0.15) is 18.2 Å². The van der Waals surface area contributed by atoms with E-state index in [1.54, 1.807) is 12.1 Å². The zero-order valence-corrected chi connectivity index (χ0v) is 10.9. The summed E-state index contributed by atoms with van der Waals surface area (Å²) < 4.78 is 10.2. The van der Waals surface area contributed by atoms with Crippen LogP contribution < -0.4 is 10.1 Å². The first kappa shape index (κ1) is 12.4. The highest BCUT2D eigenvalue weighted by molar-refractivity contribution is 5.86. The number of nitrogens with one attached hydrogen (secondary N) is 1. The molecular formula is C14H13N3O3. The van der Waals surface area contributed by atoms with Crippen LogP contribution in [0.5, 0.6) is 5.75 Å². The van der Waals surface area contributed by atoms with E-state index in [0.29, 0.717) is 12.4 Å². The molecule has 0 radical (unpaired) electrons. The summed E-state index contributed by atoms with van der Waals surface area (Å²) in [5, 5.41) is 11.0. The summed E-state index contributed by atoms with van der Waals surface area (Å²) >= 11 is 0. The number of anilines is 1. The fraction of sp³-hybridized carbons (Fsp3) is 0.214. The summed E-state index contributed by atoms with van der Waals surface area (Å²) in [5.41, 5.74) is 1.27. The Morgan fingerprint density at radius 3 is 2.90 bits per heavy atom. The molecule has 1 atom stereocenters. The molecule has 1 aliphatic rings. The smallest absolute Gasteiger partial charge is 0.358 e. The molecule has 1 unspecified atom stereocenters. The van der Waals surface area contributed by atoms with Crippen molar-refractivity contribution in [2.75, 3.05) is 19.0 Å². The third-order valence-electron chi connectivity index (χ3n) is 3.08. The molecule has 20 heavy (non-hydrogen) atoms. The zero-order chi connectivity index (χ0) is 13.9. The van der Waals surface area contributed by atoms with Crippen LogP contribution in [0.4, 0.5) is 5.82 Å². The van der Waals surface area contributed by atoms with Crippen molar-refractivity contribution in [3.63, 3.8) is 0 Å². The lowest BCUT2D eigenvalue weighted by Gasteiger charge is -2.11. The molecule has 0 saturated heterocycles. The maximum Gasteiger partial charge on any atom is 0.358 e. The standard InChI is InChI=1S/C14H13N3O3/c1-19-14(18)10-6-7-13(17-16-10)15-11-8-20-12-5-3-2-4-9(11)12/h2-7,11H,8H2,1H3,(H,15,17). The minimum atomic E-state index is -0.501. The number of hydrogen-bond donors (Lipinski definition) is 1. The van der Waals surface area contributed by atoms with Gasteiger partial charge in [-0.25, -0.2) is 4.79 Å². The Kier molecular flexibility index (Phi) is 3.20.